The zero-order valence-corrected chi connectivity index (χ0v) is 32.8. The van der Waals surface area contributed by atoms with Crippen LogP contribution in [-0.4, -0.2) is 55.5 Å². The van der Waals surface area contributed by atoms with Crippen molar-refractivity contribution in [2.75, 3.05) is 35.8 Å². The number of anilines is 2. The number of halogens is 5. The second-order valence-corrected chi connectivity index (χ2v) is 15.9. The number of nitrogens with one attached hydrogen (secondary N) is 1. The predicted octanol–water partition coefficient (Wildman–Crippen LogP) is 7.67. The number of ether oxygens (including phenoxy) is 2. The molecule has 17 heteroatoms. The van der Waals surface area contributed by atoms with E-state index in [0.29, 0.717) is 26.7 Å². The Hall–Kier alpha value is -3.38. The number of esters is 2. The van der Waals surface area contributed by atoms with Crippen molar-refractivity contribution < 1.29 is 44.7 Å². The molecule has 10 nitrogen and oxygen atoms in total. The van der Waals surface area contributed by atoms with Gasteiger partial charge in [0.2, 0.25) is 20.0 Å². The van der Waals surface area contributed by atoms with Crippen molar-refractivity contribution in [3.05, 3.63) is 128 Å². The molecule has 4 aromatic carbocycles. The molecule has 49 heavy (non-hydrogen) atoms. The number of nitrogens with zero attached hydrogens (tertiary/aromatic N) is 1. The molecule has 0 aromatic heterocycles. The molecule has 4 aromatic rings. The summed E-state index contributed by atoms with van der Waals surface area (Å²) in [6.07, 6.45) is 2.17. The van der Waals surface area contributed by atoms with Crippen molar-refractivity contribution in [1.29, 1.82) is 0 Å². The van der Waals surface area contributed by atoms with Gasteiger partial charge in [0.15, 0.2) is 0 Å². The second kappa shape index (κ2) is 19.1. The molecule has 0 saturated heterocycles. The van der Waals surface area contributed by atoms with E-state index in [9.17, 15) is 35.2 Å². The van der Waals surface area contributed by atoms with Crippen molar-refractivity contribution >= 4 is 91.1 Å². The highest BCUT2D eigenvalue weighted by atomic mass is 79.9. The van der Waals surface area contributed by atoms with E-state index in [1.54, 1.807) is 48.5 Å². The number of benzene rings is 4. The molecule has 0 aliphatic carbocycles. The van der Waals surface area contributed by atoms with Gasteiger partial charge in [-0.05, 0) is 66.2 Å². The first-order valence-corrected chi connectivity index (χ1v) is 20.1. The number of alkyl halides is 1. The lowest BCUT2D eigenvalue weighted by Gasteiger charge is -2.23. The Morgan fingerprint density at radius 2 is 1.22 bits per heavy atom. The van der Waals surface area contributed by atoms with E-state index in [0.717, 1.165) is 27.4 Å². The highest BCUT2D eigenvalue weighted by Gasteiger charge is 2.20. The fraction of sp³-hybridized carbons (Fsp3) is 0.188. The lowest BCUT2D eigenvalue weighted by molar-refractivity contribution is 0.0591. The van der Waals surface area contributed by atoms with E-state index >= 15 is 0 Å². The standard InChI is InChI=1S/C16H15BrFNO4S.C9H8BrFO2.C7H8BrNO2S/c1-23-16(20)11-6-7-12(15(18)8-11)10-19(24(2,21)22)14-5-3-4-13(17)9-14;1-13-9(12)6-2-3-7(5-10)8(11)4-6;1-12(10,11)9-7-4-2-3-6(8)5-7/h3-9H,10H2,1-2H3;2-4H,5H2,1H3;2-5,9H,1H3. The highest BCUT2D eigenvalue weighted by molar-refractivity contribution is 9.10. The third kappa shape index (κ3) is 14.2. The molecule has 0 unspecified atom stereocenters. The summed E-state index contributed by atoms with van der Waals surface area (Å²) in [7, 11) is -4.33. The Morgan fingerprint density at radius 3 is 1.63 bits per heavy atom. The van der Waals surface area contributed by atoms with Crippen LogP contribution in [-0.2, 0) is 41.4 Å². The Morgan fingerprint density at radius 1 is 0.735 bits per heavy atom. The molecule has 4 rings (SSSR count). The molecule has 0 heterocycles. The number of carbonyl (C=O) groups is 2. The van der Waals surface area contributed by atoms with Gasteiger partial charge < -0.3 is 9.47 Å². The van der Waals surface area contributed by atoms with Crippen LogP contribution in [0.1, 0.15) is 31.8 Å². The number of hydrogen-bond donors (Lipinski definition) is 1. The van der Waals surface area contributed by atoms with Crippen LogP contribution in [0, 0.1) is 11.6 Å². The van der Waals surface area contributed by atoms with Crippen molar-refractivity contribution in [2.24, 2.45) is 0 Å². The number of sulfonamides is 2. The van der Waals surface area contributed by atoms with Crippen LogP contribution in [0.4, 0.5) is 20.2 Å². The molecular weight excluding hydrogens is 882 g/mol. The van der Waals surface area contributed by atoms with E-state index in [-0.39, 0.29) is 23.2 Å². The van der Waals surface area contributed by atoms with Crippen LogP contribution < -0.4 is 9.03 Å². The fourth-order valence-electron chi connectivity index (χ4n) is 3.77. The Labute approximate surface area is 309 Å². The van der Waals surface area contributed by atoms with E-state index in [2.05, 4.69) is 62.0 Å². The van der Waals surface area contributed by atoms with E-state index < -0.39 is 43.6 Å². The second-order valence-electron chi connectivity index (χ2n) is 9.86. The van der Waals surface area contributed by atoms with E-state index in [4.69, 9.17) is 0 Å². The summed E-state index contributed by atoms with van der Waals surface area (Å²) in [5, 5.41) is 0.431. The van der Waals surface area contributed by atoms with Crippen molar-refractivity contribution in [3.63, 3.8) is 0 Å². The van der Waals surface area contributed by atoms with Gasteiger partial charge in [0, 0.05) is 25.5 Å². The van der Waals surface area contributed by atoms with Crippen molar-refractivity contribution in [3.8, 4) is 0 Å². The summed E-state index contributed by atoms with van der Waals surface area (Å²) in [5.74, 6) is -2.27. The summed E-state index contributed by atoms with van der Waals surface area (Å²) in [5.41, 5.74) is 1.92. The first kappa shape index (κ1) is 41.8. The molecule has 0 spiro atoms. The lowest BCUT2D eigenvalue weighted by Crippen LogP contribution is -2.29. The molecule has 0 atom stereocenters. The number of methoxy groups -OCH3 is 2. The van der Waals surface area contributed by atoms with Crippen LogP contribution in [0.3, 0.4) is 0 Å². The maximum Gasteiger partial charge on any atom is 0.337 e. The minimum Gasteiger partial charge on any atom is -0.465 e. The van der Waals surface area contributed by atoms with E-state index in [1.807, 2.05) is 6.07 Å². The average Bonchev–Trinajstić information content (AvgIpc) is 3.02. The third-order valence-corrected chi connectivity index (χ3v) is 9.37. The van der Waals surface area contributed by atoms with Gasteiger partial charge in [-0.3, -0.25) is 9.03 Å². The van der Waals surface area contributed by atoms with Crippen molar-refractivity contribution in [2.45, 2.75) is 11.9 Å². The molecular formula is C32H31Br3F2N2O8S2. The van der Waals surface area contributed by atoms with Crippen molar-refractivity contribution in [1.82, 2.24) is 0 Å². The van der Waals surface area contributed by atoms with Gasteiger partial charge in [0.25, 0.3) is 0 Å². The third-order valence-electron chi connectivity index (χ3n) is 6.03. The molecule has 0 amide bonds. The summed E-state index contributed by atoms with van der Waals surface area (Å²) in [4.78, 5) is 22.4. The minimum atomic E-state index is -3.63. The summed E-state index contributed by atoms with van der Waals surface area (Å²) < 4.78 is 87.1. The Kier molecular flexibility index (Phi) is 16.3. The molecule has 1 N–H and O–H groups in total. The quantitative estimate of drug-likeness (QED) is 0.134. The van der Waals surface area contributed by atoms with Gasteiger partial charge in [-0.25, -0.2) is 35.2 Å². The van der Waals surface area contributed by atoms with Crippen LogP contribution in [0.15, 0.2) is 93.9 Å². The number of rotatable bonds is 9. The van der Waals surface area contributed by atoms with Crippen LogP contribution >= 0.6 is 47.8 Å². The fourth-order valence-corrected chi connectivity index (χ4v) is 6.44. The highest BCUT2D eigenvalue weighted by Crippen LogP contribution is 2.25. The maximum absolute atomic E-state index is 14.3. The lowest BCUT2D eigenvalue weighted by atomic mass is 10.1. The monoisotopic (exact) mass is 910 g/mol. The van der Waals surface area contributed by atoms with Gasteiger partial charge >= 0.3 is 11.9 Å². The van der Waals surface area contributed by atoms with Gasteiger partial charge in [0.1, 0.15) is 11.6 Å². The summed E-state index contributed by atoms with van der Waals surface area (Å²) in [6, 6.07) is 21.7. The topological polar surface area (TPSA) is 136 Å². The maximum atomic E-state index is 14.3. The zero-order valence-electron chi connectivity index (χ0n) is 26.4. The first-order chi connectivity index (χ1) is 22.9. The van der Waals surface area contributed by atoms with E-state index in [1.165, 1.54) is 38.5 Å². The molecule has 0 aliphatic heterocycles. The molecule has 0 bridgehead atoms. The average molecular weight is 913 g/mol. The SMILES string of the molecule is COC(=O)c1ccc(CBr)c(F)c1.COC(=O)c1ccc(CN(c2cccc(Br)c2)S(C)(=O)=O)c(F)c1.CS(=O)(=O)Nc1cccc(Br)c1. The molecule has 0 aliphatic rings. The summed E-state index contributed by atoms with van der Waals surface area (Å²) >= 11 is 9.65. The zero-order chi connectivity index (χ0) is 36.9. The van der Waals surface area contributed by atoms with Crippen LogP contribution in [0.5, 0.6) is 0 Å². The Bertz CT molecular complexity index is 2000. The Balaban J connectivity index is 0.000000281. The van der Waals surface area contributed by atoms with Gasteiger partial charge in [-0.1, -0.05) is 72.1 Å². The minimum absolute atomic E-state index is 0.0621. The number of carbonyl (C=O) groups excluding carboxylic acids is 2. The molecule has 0 saturated carbocycles. The van der Waals surface area contributed by atoms with Gasteiger partial charge in [0.05, 0.1) is 50.1 Å². The summed E-state index contributed by atoms with van der Waals surface area (Å²) in [6.45, 7) is -0.192. The van der Waals surface area contributed by atoms with Gasteiger partial charge in [-0.2, -0.15) is 0 Å². The molecule has 0 radical (unpaired) electrons. The van der Waals surface area contributed by atoms with Gasteiger partial charge in [-0.15, -0.1) is 0 Å². The smallest absolute Gasteiger partial charge is 0.337 e. The normalized spacial score (nSPS) is 10.8. The predicted molar refractivity (Wildman–Crippen MR) is 196 cm³/mol. The molecule has 0 fully saturated rings. The molecule has 264 valence electrons. The number of hydrogen-bond acceptors (Lipinski definition) is 8. The van der Waals surface area contributed by atoms with Crippen LogP contribution in [0.25, 0.3) is 0 Å². The van der Waals surface area contributed by atoms with Crippen LogP contribution in [0.2, 0.25) is 0 Å². The largest absolute Gasteiger partial charge is 0.465 e. The first-order valence-electron chi connectivity index (χ1n) is 13.6.